The molecule has 0 saturated heterocycles. The second kappa shape index (κ2) is 5.58. The molecule has 1 rings (SSSR count). The molecule has 1 aromatic rings. The molecule has 0 atom stereocenters. The molecule has 0 fully saturated rings. The van der Waals surface area contributed by atoms with Gasteiger partial charge in [0.2, 0.25) is 0 Å². The molecule has 0 aliphatic carbocycles. The lowest BCUT2D eigenvalue weighted by molar-refractivity contribution is 0.276. The molecule has 0 radical (unpaired) electrons. The van der Waals surface area contributed by atoms with Gasteiger partial charge in [0.1, 0.15) is 0 Å². The Hall–Kier alpha value is -0.603. The summed E-state index contributed by atoms with van der Waals surface area (Å²) in [5.41, 5.74) is 2.68. The van der Waals surface area contributed by atoms with E-state index in [4.69, 9.17) is 4.43 Å². The lowest BCUT2D eigenvalue weighted by Gasteiger charge is -2.36. The molecule has 0 aromatic heterocycles. The highest BCUT2D eigenvalue weighted by molar-refractivity contribution is 6.74. The van der Waals surface area contributed by atoms with Crippen molar-refractivity contribution in [2.45, 2.75) is 65.3 Å². The van der Waals surface area contributed by atoms with Gasteiger partial charge >= 0.3 is 0 Å². The maximum atomic E-state index is 6.22. The summed E-state index contributed by atoms with van der Waals surface area (Å²) >= 11 is 0. The zero-order chi connectivity index (χ0) is 14.0. The topological polar surface area (TPSA) is 9.23 Å². The largest absolute Gasteiger partial charge is 0.413 e. The minimum atomic E-state index is -1.62. The third kappa shape index (κ3) is 3.96. The monoisotopic (exact) mass is 264 g/mol. The van der Waals surface area contributed by atoms with E-state index in [1.807, 2.05) is 0 Å². The predicted molar refractivity (Wildman–Crippen MR) is 82.5 cm³/mol. The average Bonchev–Trinajstić information content (AvgIpc) is 2.25. The summed E-state index contributed by atoms with van der Waals surface area (Å²) < 4.78 is 6.22. The molecule has 1 aromatic carbocycles. The fourth-order valence-corrected chi connectivity index (χ4v) is 2.44. The molecule has 2 heteroatoms. The normalized spacial score (nSPS) is 13.1. The zero-order valence-electron chi connectivity index (χ0n) is 13.0. The molecule has 0 N–H and O–H groups in total. The van der Waals surface area contributed by atoms with Crippen LogP contribution < -0.4 is 0 Å². The molecular formula is C16H28OSi. The van der Waals surface area contributed by atoms with Gasteiger partial charge in [0.25, 0.3) is 0 Å². The van der Waals surface area contributed by atoms with Crippen LogP contribution in [0.5, 0.6) is 0 Å². The highest BCUT2D eigenvalue weighted by atomic mass is 28.4. The summed E-state index contributed by atoms with van der Waals surface area (Å²) in [6.07, 6.45) is 0. The van der Waals surface area contributed by atoms with E-state index in [1.165, 1.54) is 11.1 Å². The third-order valence-electron chi connectivity index (χ3n) is 4.05. The van der Waals surface area contributed by atoms with Crippen LogP contribution in [0.2, 0.25) is 18.1 Å². The molecule has 0 aliphatic rings. The lowest BCUT2D eigenvalue weighted by Crippen LogP contribution is -2.40. The second-order valence-corrected chi connectivity index (χ2v) is 11.8. The van der Waals surface area contributed by atoms with Gasteiger partial charge in [0.15, 0.2) is 8.32 Å². The van der Waals surface area contributed by atoms with Crippen LogP contribution in [0.25, 0.3) is 0 Å². The van der Waals surface area contributed by atoms with Crippen molar-refractivity contribution in [1.82, 2.24) is 0 Å². The fraction of sp³-hybridized carbons (Fsp3) is 0.625. The zero-order valence-corrected chi connectivity index (χ0v) is 14.0. The Balaban J connectivity index is 2.64. The molecular weight excluding hydrogens is 236 g/mol. The number of benzene rings is 1. The number of rotatable bonds is 4. The molecule has 102 valence electrons. The van der Waals surface area contributed by atoms with Gasteiger partial charge in [-0.05, 0) is 35.2 Å². The number of hydrogen-bond donors (Lipinski definition) is 0. The maximum Gasteiger partial charge on any atom is 0.192 e. The molecule has 0 unspecified atom stereocenters. The summed E-state index contributed by atoms with van der Waals surface area (Å²) in [5, 5.41) is 0.283. The Labute approximate surface area is 114 Å². The highest BCUT2D eigenvalue weighted by Gasteiger charge is 2.36. The first-order valence-corrected chi connectivity index (χ1v) is 9.77. The third-order valence-corrected chi connectivity index (χ3v) is 8.53. The molecule has 0 aliphatic heterocycles. The van der Waals surface area contributed by atoms with Crippen LogP contribution in [0.3, 0.4) is 0 Å². The van der Waals surface area contributed by atoms with Gasteiger partial charge in [-0.15, -0.1) is 0 Å². The van der Waals surface area contributed by atoms with E-state index in [9.17, 15) is 0 Å². The van der Waals surface area contributed by atoms with E-state index in [1.54, 1.807) is 0 Å². The Morgan fingerprint density at radius 3 is 1.94 bits per heavy atom. The molecule has 18 heavy (non-hydrogen) atoms. The molecule has 0 saturated carbocycles. The van der Waals surface area contributed by atoms with E-state index < -0.39 is 8.32 Å². The summed E-state index contributed by atoms with van der Waals surface area (Å²) in [6, 6.07) is 8.83. The SMILES string of the molecule is CC(C)c1ccc(CO[Si](C)(C)C(C)(C)C)cc1. The summed E-state index contributed by atoms with van der Waals surface area (Å²) in [4.78, 5) is 0. The van der Waals surface area contributed by atoms with E-state index in [0.717, 1.165) is 6.61 Å². The average molecular weight is 264 g/mol. The van der Waals surface area contributed by atoms with Crippen molar-refractivity contribution in [3.8, 4) is 0 Å². The smallest absolute Gasteiger partial charge is 0.192 e. The Morgan fingerprint density at radius 2 is 1.56 bits per heavy atom. The van der Waals surface area contributed by atoms with Crippen LogP contribution in [0.4, 0.5) is 0 Å². The van der Waals surface area contributed by atoms with Crippen LogP contribution in [-0.4, -0.2) is 8.32 Å². The summed E-state index contributed by atoms with van der Waals surface area (Å²) in [6.45, 7) is 16.6. The fourth-order valence-electron chi connectivity index (χ4n) is 1.48. The Morgan fingerprint density at radius 1 is 1.06 bits per heavy atom. The molecule has 0 bridgehead atoms. The Bertz CT molecular complexity index is 371. The van der Waals surface area contributed by atoms with Crippen molar-refractivity contribution in [2.75, 3.05) is 0 Å². The van der Waals surface area contributed by atoms with E-state index in [-0.39, 0.29) is 5.04 Å². The van der Waals surface area contributed by atoms with Crippen molar-refractivity contribution in [2.24, 2.45) is 0 Å². The molecule has 0 heterocycles. The van der Waals surface area contributed by atoms with Gasteiger partial charge < -0.3 is 4.43 Å². The van der Waals surface area contributed by atoms with Crippen LogP contribution in [-0.2, 0) is 11.0 Å². The van der Waals surface area contributed by atoms with Crippen LogP contribution >= 0.6 is 0 Å². The predicted octanol–water partition coefficient (Wildman–Crippen LogP) is 5.33. The van der Waals surface area contributed by atoms with E-state index in [0.29, 0.717) is 5.92 Å². The van der Waals surface area contributed by atoms with Crippen molar-refractivity contribution in [3.63, 3.8) is 0 Å². The highest BCUT2D eigenvalue weighted by Crippen LogP contribution is 2.37. The van der Waals surface area contributed by atoms with Gasteiger partial charge in [-0.3, -0.25) is 0 Å². The van der Waals surface area contributed by atoms with Crippen LogP contribution in [0.1, 0.15) is 51.7 Å². The maximum absolute atomic E-state index is 6.22. The van der Waals surface area contributed by atoms with E-state index in [2.05, 4.69) is 72.0 Å². The van der Waals surface area contributed by atoms with Crippen LogP contribution in [0, 0.1) is 0 Å². The van der Waals surface area contributed by atoms with Crippen molar-refractivity contribution >= 4 is 8.32 Å². The lowest BCUT2D eigenvalue weighted by atomic mass is 10.0. The first kappa shape index (κ1) is 15.5. The molecule has 0 spiro atoms. The van der Waals surface area contributed by atoms with Gasteiger partial charge in [-0.1, -0.05) is 58.9 Å². The second-order valence-electron chi connectivity index (χ2n) is 6.95. The van der Waals surface area contributed by atoms with Gasteiger partial charge in [-0.2, -0.15) is 0 Å². The van der Waals surface area contributed by atoms with Crippen molar-refractivity contribution in [1.29, 1.82) is 0 Å². The minimum absolute atomic E-state index is 0.283. The van der Waals surface area contributed by atoms with Crippen LogP contribution in [0.15, 0.2) is 24.3 Å². The van der Waals surface area contributed by atoms with Gasteiger partial charge in [0.05, 0.1) is 6.61 Å². The molecule has 0 amide bonds. The van der Waals surface area contributed by atoms with Crippen molar-refractivity contribution < 1.29 is 4.43 Å². The summed E-state index contributed by atoms with van der Waals surface area (Å²) in [5.74, 6) is 0.598. The first-order valence-electron chi connectivity index (χ1n) is 6.86. The number of hydrogen-bond acceptors (Lipinski definition) is 1. The first-order chi connectivity index (χ1) is 8.13. The standard InChI is InChI=1S/C16H28OSi/c1-13(2)15-10-8-14(9-11-15)12-17-18(6,7)16(3,4)5/h8-11,13H,12H2,1-7H3. The summed E-state index contributed by atoms with van der Waals surface area (Å²) in [7, 11) is -1.62. The Kier molecular flexibility index (Phi) is 4.79. The van der Waals surface area contributed by atoms with Crippen molar-refractivity contribution in [3.05, 3.63) is 35.4 Å². The molecule has 1 nitrogen and oxygen atoms in total. The van der Waals surface area contributed by atoms with Gasteiger partial charge in [-0.25, -0.2) is 0 Å². The minimum Gasteiger partial charge on any atom is -0.413 e. The van der Waals surface area contributed by atoms with E-state index >= 15 is 0 Å². The van der Waals surface area contributed by atoms with Gasteiger partial charge in [0, 0.05) is 0 Å². The quantitative estimate of drug-likeness (QED) is 0.668.